The quantitative estimate of drug-likeness (QED) is 0.738. The summed E-state index contributed by atoms with van der Waals surface area (Å²) in [5, 5.41) is 15.8. The number of halogens is 3. The van der Waals surface area contributed by atoms with E-state index in [1.165, 1.54) is 0 Å². The van der Waals surface area contributed by atoms with Crippen molar-refractivity contribution in [3.63, 3.8) is 0 Å². The molecule has 0 unspecified atom stereocenters. The minimum absolute atomic E-state index is 0.0787. The average molecular weight is 361 g/mol. The van der Waals surface area contributed by atoms with E-state index in [1.807, 2.05) is 0 Å². The van der Waals surface area contributed by atoms with E-state index in [4.69, 9.17) is 21.4 Å². The smallest absolute Gasteiger partial charge is 0.228 e. The number of rotatable bonds is 5. The molecule has 0 saturated carbocycles. The molecule has 3 aromatic rings. The largest absolute Gasteiger partial charge is 0.380 e. The molecule has 8 heteroatoms. The van der Waals surface area contributed by atoms with Gasteiger partial charge in [0.05, 0.1) is 11.6 Å². The Hall–Kier alpha value is -2.98. The van der Waals surface area contributed by atoms with Gasteiger partial charge in [0.25, 0.3) is 0 Å². The fraction of sp³-hybridized carbons (Fsp3) is 0.118. The second-order valence-corrected chi connectivity index (χ2v) is 5.56. The Kier molecular flexibility index (Phi) is 4.91. The fourth-order valence-electron chi connectivity index (χ4n) is 2.17. The van der Waals surface area contributed by atoms with E-state index in [-0.39, 0.29) is 24.2 Å². The highest BCUT2D eigenvalue weighted by Gasteiger charge is 2.12. The molecule has 1 heterocycles. The molecule has 0 spiro atoms. The number of aromatic nitrogens is 2. The molecule has 2 aromatic carbocycles. The summed E-state index contributed by atoms with van der Waals surface area (Å²) >= 11 is 5.82. The van der Waals surface area contributed by atoms with Gasteiger partial charge in [0.1, 0.15) is 5.69 Å². The maximum Gasteiger partial charge on any atom is 0.228 e. The Bertz CT molecular complexity index is 912. The Morgan fingerprint density at radius 2 is 1.84 bits per heavy atom. The molecule has 0 amide bonds. The summed E-state index contributed by atoms with van der Waals surface area (Å²) in [4.78, 5) is 4.22. The second kappa shape index (κ2) is 7.28. The first-order valence-corrected chi connectivity index (χ1v) is 7.66. The predicted molar refractivity (Wildman–Crippen MR) is 88.0 cm³/mol. The molecule has 3 rings (SSSR count). The maximum absolute atomic E-state index is 13.8. The van der Waals surface area contributed by atoms with Crippen molar-refractivity contribution >= 4 is 17.3 Å². The van der Waals surface area contributed by atoms with E-state index < -0.39 is 11.6 Å². The lowest BCUT2D eigenvalue weighted by Crippen LogP contribution is -2.08. The lowest BCUT2D eigenvalue weighted by Gasteiger charge is -2.07. The van der Waals surface area contributed by atoms with E-state index in [2.05, 4.69) is 15.5 Å². The molecule has 5 nitrogen and oxygen atoms in total. The lowest BCUT2D eigenvalue weighted by atomic mass is 10.2. The summed E-state index contributed by atoms with van der Waals surface area (Å²) in [6, 6.07) is 10.6. The van der Waals surface area contributed by atoms with Gasteiger partial charge >= 0.3 is 0 Å². The van der Waals surface area contributed by atoms with Gasteiger partial charge < -0.3 is 9.84 Å². The summed E-state index contributed by atoms with van der Waals surface area (Å²) in [6.45, 7) is 0.183. The Balaban J connectivity index is 1.64. The first-order valence-electron chi connectivity index (χ1n) is 7.28. The number of nitrogens with zero attached hydrogens (tertiary/aromatic N) is 3. The van der Waals surface area contributed by atoms with Gasteiger partial charge in [0.2, 0.25) is 11.7 Å². The minimum Gasteiger partial charge on any atom is -0.380 e. The maximum atomic E-state index is 13.8. The van der Waals surface area contributed by atoms with Crippen LogP contribution < -0.4 is 5.32 Å². The van der Waals surface area contributed by atoms with Crippen molar-refractivity contribution in [3.05, 3.63) is 64.5 Å². The van der Waals surface area contributed by atoms with Crippen LogP contribution >= 0.6 is 11.6 Å². The van der Waals surface area contributed by atoms with Crippen molar-refractivity contribution in [2.45, 2.75) is 6.42 Å². The molecular weight excluding hydrogens is 350 g/mol. The van der Waals surface area contributed by atoms with Crippen LogP contribution in [0.25, 0.3) is 11.4 Å². The molecule has 0 aliphatic heterocycles. The molecule has 1 aromatic heterocycles. The van der Waals surface area contributed by atoms with Gasteiger partial charge in [-0.3, -0.25) is 0 Å². The number of anilines is 1. The lowest BCUT2D eigenvalue weighted by molar-refractivity contribution is 0.381. The Labute approximate surface area is 146 Å². The SMILES string of the molecule is N#Cc1cc(F)c(NCCc2nc(-c3ccc(Cl)cc3)no2)c(F)c1. The molecular formula is C17H11ClF2N4O. The van der Waals surface area contributed by atoms with Gasteiger partial charge in [-0.2, -0.15) is 10.2 Å². The molecule has 126 valence electrons. The van der Waals surface area contributed by atoms with Crippen LogP contribution in [0.3, 0.4) is 0 Å². The third kappa shape index (κ3) is 3.92. The molecule has 1 N–H and O–H groups in total. The van der Waals surface area contributed by atoms with E-state index in [0.29, 0.717) is 16.7 Å². The number of nitrogens with one attached hydrogen (secondary N) is 1. The standard InChI is InChI=1S/C17H11ClF2N4O/c18-12-3-1-11(2-4-12)17-23-15(25-24-17)5-6-22-16-13(19)7-10(9-21)8-14(16)20/h1-4,7-8,22H,5-6H2. The highest BCUT2D eigenvalue weighted by Crippen LogP contribution is 2.21. The summed E-state index contributed by atoms with van der Waals surface area (Å²) in [5.41, 5.74) is 0.373. The average Bonchev–Trinajstić information content (AvgIpc) is 3.06. The zero-order valence-corrected chi connectivity index (χ0v) is 13.5. The molecule has 25 heavy (non-hydrogen) atoms. The molecule has 0 radical (unpaired) electrons. The van der Waals surface area contributed by atoms with Crippen LogP contribution in [-0.4, -0.2) is 16.7 Å². The van der Waals surface area contributed by atoms with Crippen LogP contribution in [0.5, 0.6) is 0 Å². The molecule has 0 bridgehead atoms. The third-order valence-corrected chi connectivity index (χ3v) is 3.63. The Morgan fingerprint density at radius 1 is 1.16 bits per heavy atom. The van der Waals surface area contributed by atoms with Crippen LogP contribution in [0.4, 0.5) is 14.5 Å². The van der Waals surface area contributed by atoms with Crippen LogP contribution in [-0.2, 0) is 6.42 Å². The number of benzene rings is 2. The normalized spacial score (nSPS) is 10.5. The fourth-order valence-corrected chi connectivity index (χ4v) is 2.30. The van der Waals surface area contributed by atoms with Gasteiger partial charge in [-0.1, -0.05) is 16.8 Å². The van der Waals surface area contributed by atoms with Crippen LogP contribution in [0.15, 0.2) is 40.9 Å². The summed E-state index contributed by atoms with van der Waals surface area (Å²) < 4.78 is 32.7. The predicted octanol–water partition coefficient (Wildman–Crippen LogP) is 4.19. The highest BCUT2D eigenvalue weighted by molar-refractivity contribution is 6.30. The first kappa shape index (κ1) is 16.9. The van der Waals surface area contributed by atoms with E-state index in [0.717, 1.165) is 17.7 Å². The molecule has 0 fully saturated rings. The van der Waals surface area contributed by atoms with Crippen LogP contribution in [0.2, 0.25) is 5.02 Å². The van der Waals surface area contributed by atoms with Gasteiger partial charge in [0, 0.05) is 23.6 Å². The zero-order valence-electron chi connectivity index (χ0n) is 12.8. The monoisotopic (exact) mass is 360 g/mol. The van der Waals surface area contributed by atoms with Crippen molar-refractivity contribution in [1.82, 2.24) is 10.1 Å². The van der Waals surface area contributed by atoms with Crippen molar-refractivity contribution < 1.29 is 13.3 Å². The van der Waals surface area contributed by atoms with Gasteiger partial charge in [0.15, 0.2) is 11.6 Å². The molecule has 0 saturated heterocycles. The number of hydrogen-bond acceptors (Lipinski definition) is 5. The molecule has 0 aliphatic rings. The van der Waals surface area contributed by atoms with Crippen molar-refractivity contribution in [2.24, 2.45) is 0 Å². The highest BCUT2D eigenvalue weighted by atomic mass is 35.5. The Morgan fingerprint density at radius 3 is 2.48 bits per heavy atom. The minimum atomic E-state index is -0.830. The molecule has 0 atom stereocenters. The van der Waals surface area contributed by atoms with Gasteiger partial charge in [-0.25, -0.2) is 8.78 Å². The first-order chi connectivity index (χ1) is 12.1. The van der Waals surface area contributed by atoms with E-state index in [9.17, 15) is 8.78 Å². The zero-order chi connectivity index (χ0) is 17.8. The topological polar surface area (TPSA) is 74.7 Å². The van der Waals surface area contributed by atoms with Gasteiger partial charge in [-0.05, 0) is 36.4 Å². The summed E-state index contributed by atoms with van der Waals surface area (Å²) in [6.07, 6.45) is 0.277. The number of nitriles is 1. The van der Waals surface area contributed by atoms with Crippen molar-refractivity contribution in [1.29, 1.82) is 5.26 Å². The molecule has 0 aliphatic carbocycles. The van der Waals surface area contributed by atoms with Crippen LogP contribution in [0.1, 0.15) is 11.5 Å². The third-order valence-electron chi connectivity index (χ3n) is 3.38. The summed E-state index contributed by atoms with van der Waals surface area (Å²) in [7, 11) is 0. The summed E-state index contributed by atoms with van der Waals surface area (Å²) in [5.74, 6) is -0.929. The number of hydrogen-bond donors (Lipinski definition) is 1. The van der Waals surface area contributed by atoms with E-state index >= 15 is 0 Å². The van der Waals surface area contributed by atoms with Crippen molar-refractivity contribution in [3.8, 4) is 17.5 Å². The van der Waals surface area contributed by atoms with E-state index in [1.54, 1.807) is 30.3 Å². The van der Waals surface area contributed by atoms with Gasteiger partial charge in [-0.15, -0.1) is 0 Å². The van der Waals surface area contributed by atoms with Crippen molar-refractivity contribution in [2.75, 3.05) is 11.9 Å². The van der Waals surface area contributed by atoms with Crippen LogP contribution in [0, 0.1) is 23.0 Å². The second-order valence-electron chi connectivity index (χ2n) is 5.12.